The van der Waals surface area contributed by atoms with Crippen molar-refractivity contribution < 1.29 is 0 Å². The second-order valence-electron chi connectivity index (χ2n) is 5.06. The fourth-order valence-corrected chi connectivity index (χ4v) is 2.72. The van der Waals surface area contributed by atoms with Gasteiger partial charge in [0.25, 0.3) is 0 Å². The van der Waals surface area contributed by atoms with E-state index in [1.807, 2.05) is 0 Å². The Morgan fingerprint density at radius 1 is 1.36 bits per heavy atom. The molecule has 0 heterocycles. The van der Waals surface area contributed by atoms with E-state index >= 15 is 0 Å². The van der Waals surface area contributed by atoms with Crippen molar-refractivity contribution in [1.82, 2.24) is 0 Å². The van der Waals surface area contributed by atoms with Crippen LogP contribution >= 0.6 is 0 Å². The van der Waals surface area contributed by atoms with Gasteiger partial charge in [-0.1, -0.05) is 25.5 Å². The van der Waals surface area contributed by atoms with E-state index in [9.17, 15) is 0 Å². The largest absolute Gasteiger partial charge is 0.0788 e. The standard InChI is InChI=1S/C11H18/c1-9-5-4-6-11(7-9)8-10(11,2)3/h7H,4-6,8H2,1-3H3. The quantitative estimate of drug-likeness (QED) is 0.463. The molecule has 62 valence electrons. The lowest BCUT2D eigenvalue weighted by molar-refractivity contribution is 0.405. The number of hydrogen-bond acceptors (Lipinski definition) is 0. The molecule has 0 heteroatoms. The van der Waals surface area contributed by atoms with Gasteiger partial charge in [0.1, 0.15) is 0 Å². The van der Waals surface area contributed by atoms with Gasteiger partial charge in [-0.3, -0.25) is 0 Å². The minimum absolute atomic E-state index is 0.620. The molecule has 1 unspecified atom stereocenters. The molecule has 2 aliphatic carbocycles. The van der Waals surface area contributed by atoms with Gasteiger partial charge in [-0.2, -0.15) is 0 Å². The predicted molar refractivity (Wildman–Crippen MR) is 48.4 cm³/mol. The van der Waals surface area contributed by atoms with Crippen molar-refractivity contribution in [3.8, 4) is 0 Å². The van der Waals surface area contributed by atoms with Gasteiger partial charge in [-0.25, -0.2) is 0 Å². The van der Waals surface area contributed by atoms with Gasteiger partial charge >= 0.3 is 0 Å². The molecular weight excluding hydrogens is 132 g/mol. The van der Waals surface area contributed by atoms with E-state index in [0.29, 0.717) is 10.8 Å². The Morgan fingerprint density at radius 2 is 2.00 bits per heavy atom. The Morgan fingerprint density at radius 3 is 2.36 bits per heavy atom. The second kappa shape index (κ2) is 1.91. The van der Waals surface area contributed by atoms with E-state index in [1.54, 1.807) is 5.57 Å². The Kier molecular flexibility index (Phi) is 1.28. The Labute approximate surface area is 69.7 Å². The molecule has 0 radical (unpaired) electrons. The molecule has 0 bridgehead atoms. The molecule has 0 N–H and O–H groups in total. The summed E-state index contributed by atoms with van der Waals surface area (Å²) in [5.74, 6) is 0. The summed E-state index contributed by atoms with van der Waals surface area (Å²) in [6.45, 7) is 7.10. The number of rotatable bonds is 0. The first-order chi connectivity index (χ1) is 5.06. The van der Waals surface area contributed by atoms with E-state index in [0.717, 1.165) is 0 Å². The summed E-state index contributed by atoms with van der Waals surface area (Å²) in [6.07, 6.45) is 8.19. The van der Waals surface area contributed by atoms with Gasteiger partial charge in [0, 0.05) is 0 Å². The van der Waals surface area contributed by atoms with Gasteiger partial charge in [0.05, 0.1) is 0 Å². The fraction of sp³-hybridized carbons (Fsp3) is 0.818. The molecular formula is C11H18. The molecule has 2 rings (SSSR count). The zero-order valence-corrected chi connectivity index (χ0v) is 7.91. The van der Waals surface area contributed by atoms with Gasteiger partial charge in [-0.15, -0.1) is 0 Å². The second-order valence-corrected chi connectivity index (χ2v) is 5.06. The lowest BCUT2D eigenvalue weighted by Crippen LogP contribution is -2.10. The van der Waals surface area contributed by atoms with Gasteiger partial charge < -0.3 is 0 Å². The van der Waals surface area contributed by atoms with Crippen LogP contribution in [-0.2, 0) is 0 Å². The van der Waals surface area contributed by atoms with Gasteiger partial charge in [-0.05, 0) is 43.4 Å². The summed E-state index contributed by atoms with van der Waals surface area (Å²) in [5.41, 5.74) is 2.88. The van der Waals surface area contributed by atoms with E-state index in [4.69, 9.17) is 0 Å². The summed E-state index contributed by atoms with van der Waals surface area (Å²) < 4.78 is 0. The minimum Gasteiger partial charge on any atom is -0.0788 e. The SMILES string of the molecule is CC1=CC2(CCC1)CC2(C)C. The van der Waals surface area contributed by atoms with Crippen LogP contribution in [0.15, 0.2) is 11.6 Å². The van der Waals surface area contributed by atoms with Crippen molar-refractivity contribution in [1.29, 1.82) is 0 Å². The molecule has 2 aliphatic rings. The lowest BCUT2D eigenvalue weighted by atomic mass is 9.83. The van der Waals surface area contributed by atoms with E-state index in [2.05, 4.69) is 26.8 Å². The molecule has 1 fully saturated rings. The van der Waals surface area contributed by atoms with E-state index in [-0.39, 0.29) is 0 Å². The van der Waals surface area contributed by atoms with Gasteiger partial charge in [0.15, 0.2) is 0 Å². The highest BCUT2D eigenvalue weighted by Crippen LogP contribution is 2.68. The van der Waals surface area contributed by atoms with Crippen molar-refractivity contribution in [2.24, 2.45) is 10.8 Å². The summed E-state index contributed by atoms with van der Waals surface area (Å²) in [6, 6.07) is 0. The summed E-state index contributed by atoms with van der Waals surface area (Å²) in [5, 5.41) is 0. The molecule has 0 aliphatic heterocycles. The molecule has 1 atom stereocenters. The highest BCUT2D eigenvalue weighted by atomic mass is 14.6. The molecule has 0 aromatic rings. The van der Waals surface area contributed by atoms with Crippen LogP contribution in [0.2, 0.25) is 0 Å². The number of hydrogen-bond donors (Lipinski definition) is 0. The molecule has 1 spiro atoms. The van der Waals surface area contributed by atoms with Crippen molar-refractivity contribution in [3.05, 3.63) is 11.6 Å². The Hall–Kier alpha value is -0.260. The molecule has 11 heavy (non-hydrogen) atoms. The topological polar surface area (TPSA) is 0 Å². The van der Waals surface area contributed by atoms with E-state index in [1.165, 1.54) is 25.7 Å². The smallest absolute Gasteiger partial charge is 0.00587 e. The zero-order chi connectivity index (χ0) is 8.11. The highest BCUT2D eigenvalue weighted by molar-refractivity contribution is 5.25. The third-order valence-corrected chi connectivity index (χ3v) is 3.70. The Bertz CT molecular complexity index is 210. The molecule has 0 aromatic carbocycles. The predicted octanol–water partition coefficient (Wildman–Crippen LogP) is 3.53. The van der Waals surface area contributed by atoms with Crippen LogP contribution in [0.4, 0.5) is 0 Å². The molecule has 0 saturated heterocycles. The van der Waals surface area contributed by atoms with Crippen molar-refractivity contribution >= 4 is 0 Å². The summed E-state index contributed by atoms with van der Waals surface area (Å²) in [4.78, 5) is 0. The van der Waals surface area contributed by atoms with Crippen molar-refractivity contribution in [3.63, 3.8) is 0 Å². The third-order valence-electron chi connectivity index (χ3n) is 3.70. The average molecular weight is 150 g/mol. The van der Waals surface area contributed by atoms with Crippen molar-refractivity contribution in [2.45, 2.75) is 46.5 Å². The highest BCUT2D eigenvalue weighted by Gasteiger charge is 2.59. The van der Waals surface area contributed by atoms with Crippen LogP contribution in [-0.4, -0.2) is 0 Å². The minimum atomic E-state index is 0.620. The normalized spacial score (nSPS) is 40.5. The van der Waals surface area contributed by atoms with Crippen LogP contribution in [0, 0.1) is 10.8 Å². The lowest BCUT2D eigenvalue weighted by Gasteiger charge is -2.22. The van der Waals surface area contributed by atoms with Crippen molar-refractivity contribution in [2.75, 3.05) is 0 Å². The van der Waals surface area contributed by atoms with E-state index < -0.39 is 0 Å². The maximum absolute atomic E-state index is 2.55. The van der Waals surface area contributed by atoms with Crippen LogP contribution in [0.3, 0.4) is 0 Å². The third kappa shape index (κ3) is 0.953. The zero-order valence-electron chi connectivity index (χ0n) is 7.91. The maximum atomic E-state index is 2.55. The molecule has 0 amide bonds. The molecule has 0 aromatic heterocycles. The van der Waals surface area contributed by atoms with Crippen LogP contribution in [0.25, 0.3) is 0 Å². The summed E-state index contributed by atoms with van der Waals surface area (Å²) in [7, 11) is 0. The van der Waals surface area contributed by atoms with Crippen LogP contribution in [0.5, 0.6) is 0 Å². The first kappa shape index (κ1) is 7.39. The number of allylic oxidation sites excluding steroid dienone is 2. The monoisotopic (exact) mass is 150 g/mol. The Balaban J connectivity index is 2.24. The average Bonchev–Trinajstić information content (AvgIpc) is 2.32. The maximum Gasteiger partial charge on any atom is -0.00587 e. The molecule has 0 nitrogen and oxygen atoms in total. The first-order valence-electron chi connectivity index (χ1n) is 4.74. The van der Waals surface area contributed by atoms with Gasteiger partial charge in [0.2, 0.25) is 0 Å². The first-order valence-corrected chi connectivity index (χ1v) is 4.74. The van der Waals surface area contributed by atoms with Crippen LogP contribution in [0.1, 0.15) is 46.5 Å². The van der Waals surface area contributed by atoms with Crippen LogP contribution < -0.4 is 0 Å². The summed E-state index contributed by atoms with van der Waals surface area (Å²) >= 11 is 0. The molecule has 1 saturated carbocycles. The fourth-order valence-electron chi connectivity index (χ4n) is 2.72.